The van der Waals surface area contributed by atoms with E-state index in [2.05, 4.69) is 10.3 Å². The van der Waals surface area contributed by atoms with Crippen LogP contribution in [0.4, 0.5) is 13.2 Å². The molecule has 0 radical (unpaired) electrons. The zero-order chi connectivity index (χ0) is 20.1. The van der Waals surface area contributed by atoms with Crippen LogP contribution in [0.15, 0.2) is 60.9 Å². The first-order valence-electron chi connectivity index (χ1n) is 8.49. The van der Waals surface area contributed by atoms with Gasteiger partial charge in [-0.3, -0.25) is 4.79 Å². The Morgan fingerprint density at radius 1 is 1.18 bits per heavy atom. The summed E-state index contributed by atoms with van der Waals surface area (Å²) in [6, 6.07) is 12.0. The quantitative estimate of drug-likeness (QED) is 0.696. The van der Waals surface area contributed by atoms with Gasteiger partial charge in [0.1, 0.15) is 11.6 Å². The third-order valence-corrected chi connectivity index (χ3v) is 4.08. The van der Waals surface area contributed by atoms with Gasteiger partial charge in [0, 0.05) is 18.9 Å². The van der Waals surface area contributed by atoms with Gasteiger partial charge in [-0.1, -0.05) is 24.3 Å². The summed E-state index contributed by atoms with van der Waals surface area (Å²) < 4.78 is 45.2. The summed E-state index contributed by atoms with van der Waals surface area (Å²) in [5.41, 5.74) is 0.933. The molecule has 0 aliphatic heterocycles. The minimum absolute atomic E-state index is 0.0144. The second-order valence-corrected chi connectivity index (χ2v) is 6.06. The zero-order valence-corrected chi connectivity index (χ0v) is 15.0. The molecule has 146 valence electrons. The fraction of sp³-hybridized carbons (Fsp3) is 0.200. The van der Waals surface area contributed by atoms with Gasteiger partial charge in [0.2, 0.25) is 0 Å². The van der Waals surface area contributed by atoms with E-state index >= 15 is 0 Å². The number of rotatable bonds is 6. The summed E-state index contributed by atoms with van der Waals surface area (Å²) in [7, 11) is 0. The molecule has 3 aromatic rings. The van der Waals surface area contributed by atoms with Gasteiger partial charge in [-0.15, -0.1) is 0 Å². The fourth-order valence-corrected chi connectivity index (χ4v) is 2.68. The summed E-state index contributed by atoms with van der Waals surface area (Å²) in [6.07, 6.45) is -0.947. The normalized spacial score (nSPS) is 11.3. The SMILES string of the molecule is Cc1nccn1-c1ccccc1CNC(=O)COc1cccc(C(F)(F)F)c1. The molecule has 0 fully saturated rings. The molecular weight excluding hydrogens is 371 g/mol. The van der Waals surface area contributed by atoms with E-state index < -0.39 is 17.6 Å². The molecule has 0 saturated carbocycles. The lowest BCUT2D eigenvalue weighted by Crippen LogP contribution is -2.28. The largest absolute Gasteiger partial charge is 0.484 e. The monoisotopic (exact) mass is 389 g/mol. The number of carbonyl (C=O) groups excluding carboxylic acids is 1. The van der Waals surface area contributed by atoms with Gasteiger partial charge in [0.25, 0.3) is 5.91 Å². The molecule has 0 atom stereocenters. The number of imidazole rings is 1. The van der Waals surface area contributed by atoms with Gasteiger partial charge in [0.15, 0.2) is 6.61 Å². The molecule has 28 heavy (non-hydrogen) atoms. The highest BCUT2D eigenvalue weighted by Crippen LogP contribution is 2.31. The Labute approximate surface area is 159 Å². The lowest BCUT2D eigenvalue weighted by molar-refractivity contribution is -0.137. The Morgan fingerprint density at radius 3 is 2.68 bits per heavy atom. The fourth-order valence-electron chi connectivity index (χ4n) is 2.68. The maximum absolute atomic E-state index is 12.7. The van der Waals surface area contributed by atoms with Crippen molar-refractivity contribution in [3.05, 3.63) is 77.9 Å². The summed E-state index contributed by atoms with van der Waals surface area (Å²) in [5.74, 6) is 0.362. The van der Waals surface area contributed by atoms with Crippen LogP contribution in [0.2, 0.25) is 0 Å². The average molecular weight is 389 g/mol. The molecule has 8 heteroatoms. The van der Waals surface area contributed by atoms with Crippen molar-refractivity contribution >= 4 is 5.91 Å². The highest BCUT2D eigenvalue weighted by Gasteiger charge is 2.30. The number of ether oxygens (including phenoxy) is 1. The summed E-state index contributed by atoms with van der Waals surface area (Å²) >= 11 is 0. The first kappa shape index (κ1) is 19.5. The number of aryl methyl sites for hydroxylation is 1. The Kier molecular flexibility index (Phi) is 5.67. The van der Waals surface area contributed by atoms with Crippen LogP contribution in [-0.4, -0.2) is 22.1 Å². The van der Waals surface area contributed by atoms with Crippen molar-refractivity contribution in [2.75, 3.05) is 6.61 Å². The zero-order valence-electron chi connectivity index (χ0n) is 15.0. The van der Waals surface area contributed by atoms with Crippen LogP contribution in [0, 0.1) is 6.92 Å². The van der Waals surface area contributed by atoms with E-state index in [0.717, 1.165) is 29.2 Å². The minimum atomic E-state index is -4.46. The van der Waals surface area contributed by atoms with Crippen LogP contribution >= 0.6 is 0 Å². The van der Waals surface area contributed by atoms with Crippen molar-refractivity contribution in [3.63, 3.8) is 0 Å². The molecule has 1 amide bonds. The standard InChI is InChI=1S/C20H18F3N3O2/c1-14-24-9-10-26(14)18-8-3-2-5-15(18)12-25-19(27)13-28-17-7-4-6-16(11-17)20(21,22)23/h2-11H,12-13H2,1H3,(H,25,27). The number of hydrogen-bond donors (Lipinski definition) is 1. The van der Waals surface area contributed by atoms with Crippen molar-refractivity contribution in [3.8, 4) is 11.4 Å². The van der Waals surface area contributed by atoms with E-state index in [1.54, 1.807) is 6.20 Å². The smallest absolute Gasteiger partial charge is 0.416 e. The van der Waals surface area contributed by atoms with Gasteiger partial charge in [-0.2, -0.15) is 13.2 Å². The molecule has 0 bridgehead atoms. The van der Waals surface area contributed by atoms with Gasteiger partial charge in [-0.05, 0) is 36.8 Å². The number of para-hydroxylation sites is 1. The molecule has 0 saturated heterocycles. The molecule has 1 N–H and O–H groups in total. The van der Waals surface area contributed by atoms with Crippen molar-refractivity contribution in [1.29, 1.82) is 0 Å². The first-order chi connectivity index (χ1) is 13.3. The Morgan fingerprint density at radius 2 is 1.96 bits per heavy atom. The molecule has 1 aromatic heterocycles. The van der Waals surface area contributed by atoms with E-state index in [4.69, 9.17) is 4.74 Å². The molecule has 0 spiro atoms. The minimum Gasteiger partial charge on any atom is -0.484 e. The number of alkyl halides is 3. The maximum Gasteiger partial charge on any atom is 0.416 e. The molecule has 5 nitrogen and oxygen atoms in total. The lowest BCUT2D eigenvalue weighted by Gasteiger charge is -2.13. The molecule has 0 unspecified atom stereocenters. The number of halogens is 3. The van der Waals surface area contributed by atoms with Crippen molar-refractivity contribution < 1.29 is 22.7 Å². The third-order valence-electron chi connectivity index (χ3n) is 4.08. The highest BCUT2D eigenvalue weighted by molar-refractivity contribution is 5.77. The lowest BCUT2D eigenvalue weighted by atomic mass is 10.1. The van der Waals surface area contributed by atoms with Crippen LogP contribution in [0.25, 0.3) is 5.69 Å². The Hall–Kier alpha value is -3.29. The van der Waals surface area contributed by atoms with Crippen LogP contribution < -0.4 is 10.1 Å². The second-order valence-electron chi connectivity index (χ2n) is 6.06. The van der Waals surface area contributed by atoms with Crippen LogP contribution in [0.1, 0.15) is 17.0 Å². The number of nitrogens with one attached hydrogen (secondary N) is 1. The molecule has 2 aromatic carbocycles. The summed E-state index contributed by atoms with van der Waals surface area (Å²) in [4.78, 5) is 16.3. The van der Waals surface area contributed by atoms with Crippen LogP contribution in [0.5, 0.6) is 5.75 Å². The first-order valence-corrected chi connectivity index (χ1v) is 8.49. The van der Waals surface area contributed by atoms with E-state index in [1.807, 2.05) is 42.0 Å². The van der Waals surface area contributed by atoms with E-state index in [9.17, 15) is 18.0 Å². The second kappa shape index (κ2) is 8.16. The maximum atomic E-state index is 12.7. The number of aromatic nitrogens is 2. The highest BCUT2D eigenvalue weighted by atomic mass is 19.4. The topological polar surface area (TPSA) is 56.2 Å². The number of amides is 1. The van der Waals surface area contributed by atoms with Gasteiger partial charge in [-0.25, -0.2) is 4.98 Å². The van der Waals surface area contributed by atoms with E-state index in [1.165, 1.54) is 12.1 Å². The van der Waals surface area contributed by atoms with Crippen LogP contribution in [0.3, 0.4) is 0 Å². The number of benzene rings is 2. The van der Waals surface area contributed by atoms with Gasteiger partial charge >= 0.3 is 6.18 Å². The van der Waals surface area contributed by atoms with E-state index in [-0.39, 0.29) is 18.9 Å². The molecule has 1 heterocycles. The Bertz CT molecular complexity index is 967. The Balaban J connectivity index is 1.60. The van der Waals surface area contributed by atoms with Crippen LogP contribution in [-0.2, 0) is 17.5 Å². The average Bonchev–Trinajstić information content (AvgIpc) is 3.10. The molecule has 3 rings (SSSR count). The molecule has 0 aliphatic carbocycles. The predicted molar refractivity (Wildman–Crippen MR) is 97.1 cm³/mol. The number of hydrogen-bond acceptors (Lipinski definition) is 3. The third kappa shape index (κ3) is 4.70. The summed E-state index contributed by atoms with van der Waals surface area (Å²) in [5, 5.41) is 2.72. The molecule has 0 aliphatic rings. The van der Waals surface area contributed by atoms with Crippen molar-refractivity contribution in [2.45, 2.75) is 19.6 Å². The number of carbonyl (C=O) groups is 1. The molecular formula is C20H18F3N3O2. The van der Waals surface area contributed by atoms with Crippen molar-refractivity contribution in [1.82, 2.24) is 14.9 Å². The number of nitrogens with zero attached hydrogens (tertiary/aromatic N) is 2. The predicted octanol–water partition coefficient (Wildman–Crippen LogP) is 3.89. The summed E-state index contributed by atoms with van der Waals surface area (Å²) in [6.45, 7) is 1.74. The van der Waals surface area contributed by atoms with E-state index in [0.29, 0.717) is 0 Å². The van der Waals surface area contributed by atoms with Crippen molar-refractivity contribution in [2.24, 2.45) is 0 Å². The van der Waals surface area contributed by atoms with Gasteiger partial charge in [0.05, 0.1) is 11.3 Å². The van der Waals surface area contributed by atoms with Gasteiger partial charge < -0.3 is 14.6 Å².